The maximum absolute atomic E-state index is 12.7. The third-order valence-electron chi connectivity index (χ3n) is 3.95. The molecule has 0 aliphatic carbocycles. The van der Waals surface area contributed by atoms with Crippen molar-refractivity contribution in [2.24, 2.45) is 15.3 Å². The fourth-order valence-electron chi connectivity index (χ4n) is 2.56. The summed E-state index contributed by atoms with van der Waals surface area (Å²) in [6.07, 6.45) is 0. The third kappa shape index (κ3) is 3.72. The molecular weight excluding hydrogens is 426 g/mol. The Labute approximate surface area is 168 Å². The van der Waals surface area contributed by atoms with Gasteiger partial charge in [0.2, 0.25) is 5.13 Å². The molecule has 4 rings (SSSR count). The van der Waals surface area contributed by atoms with Gasteiger partial charge in [0.1, 0.15) is 0 Å². The molecule has 1 atom stereocenters. The van der Waals surface area contributed by atoms with Crippen LogP contribution in [0.2, 0.25) is 0 Å². The summed E-state index contributed by atoms with van der Waals surface area (Å²) in [5.41, 5.74) is 3.08. The first-order chi connectivity index (χ1) is 13.1. The van der Waals surface area contributed by atoms with Gasteiger partial charge in [-0.2, -0.15) is 20.3 Å². The Hall–Kier alpha value is -2.71. The second-order valence-electron chi connectivity index (χ2n) is 5.87. The van der Waals surface area contributed by atoms with Gasteiger partial charge in [0.25, 0.3) is 5.91 Å². The van der Waals surface area contributed by atoms with Crippen molar-refractivity contribution in [1.29, 1.82) is 0 Å². The molecule has 1 unspecified atom stereocenters. The predicted molar refractivity (Wildman–Crippen MR) is 111 cm³/mol. The van der Waals surface area contributed by atoms with E-state index in [2.05, 4.69) is 36.2 Å². The maximum Gasteiger partial charge on any atom is 0.282 e. The van der Waals surface area contributed by atoms with Crippen molar-refractivity contribution in [3.05, 3.63) is 64.5 Å². The van der Waals surface area contributed by atoms with Crippen LogP contribution in [0.5, 0.6) is 0 Å². The highest BCUT2D eigenvalue weighted by Crippen LogP contribution is 2.31. The molecule has 0 bridgehead atoms. The molecule has 0 fully saturated rings. The van der Waals surface area contributed by atoms with Crippen molar-refractivity contribution in [2.45, 2.75) is 13.0 Å². The molecule has 134 valence electrons. The minimum absolute atomic E-state index is 0.246. The molecule has 1 aliphatic heterocycles. The number of aromatic nitrogens is 1. The second-order valence-corrected chi connectivity index (χ2v) is 7.62. The third-order valence-corrected chi connectivity index (χ3v) is 5.30. The molecule has 27 heavy (non-hydrogen) atoms. The van der Waals surface area contributed by atoms with E-state index in [1.165, 1.54) is 16.3 Å². The Morgan fingerprint density at radius 1 is 1.11 bits per heavy atom. The van der Waals surface area contributed by atoms with Crippen LogP contribution in [0, 0.1) is 0 Å². The van der Waals surface area contributed by atoms with E-state index in [-0.39, 0.29) is 5.91 Å². The van der Waals surface area contributed by atoms with Gasteiger partial charge in [-0.05, 0) is 31.2 Å². The number of nitrogens with zero attached hydrogens (tertiary/aromatic N) is 5. The summed E-state index contributed by atoms with van der Waals surface area (Å²) < 4.78 is 1.00. The van der Waals surface area contributed by atoms with Crippen LogP contribution >= 0.6 is 27.3 Å². The average Bonchev–Trinajstić information content (AvgIpc) is 3.27. The predicted octanol–water partition coefficient (Wildman–Crippen LogP) is 5.45. The Morgan fingerprint density at radius 3 is 2.59 bits per heavy atom. The molecule has 0 saturated carbocycles. The van der Waals surface area contributed by atoms with Crippen LogP contribution in [0.1, 0.15) is 6.92 Å². The van der Waals surface area contributed by atoms with Gasteiger partial charge in [0.15, 0.2) is 6.04 Å². The molecule has 1 aliphatic rings. The number of benzene rings is 2. The molecular formula is C19H14BrN5OS. The van der Waals surface area contributed by atoms with Crippen molar-refractivity contribution in [1.82, 2.24) is 4.98 Å². The van der Waals surface area contributed by atoms with Crippen LogP contribution in [0.4, 0.5) is 10.8 Å². The first-order valence-corrected chi connectivity index (χ1v) is 9.85. The number of halogens is 1. The summed E-state index contributed by atoms with van der Waals surface area (Å²) >= 11 is 4.79. The van der Waals surface area contributed by atoms with Crippen LogP contribution in [0.25, 0.3) is 11.3 Å². The van der Waals surface area contributed by atoms with E-state index in [1.54, 1.807) is 6.92 Å². The lowest BCUT2D eigenvalue weighted by atomic mass is 10.2. The minimum Gasteiger partial charge on any atom is -0.269 e. The molecule has 3 aromatic rings. The average molecular weight is 440 g/mol. The van der Waals surface area contributed by atoms with Crippen LogP contribution in [0.15, 0.2) is 79.8 Å². The minimum atomic E-state index is -0.717. The number of azo groups is 1. The number of carbonyl (C=O) groups excluding carboxylic acids is 1. The monoisotopic (exact) mass is 439 g/mol. The number of hydrogen-bond donors (Lipinski definition) is 0. The first-order valence-electron chi connectivity index (χ1n) is 8.18. The summed E-state index contributed by atoms with van der Waals surface area (Å²) in [5, 5.41) is 16.4. The number of hydrazone groups is 1. The molecule has 1 amide bonds. The highest BCUT2D eigenvalue weighted by Gasteiger charge is 2.36. The summed E-state index contributed by atoms with van der Waals surface area (Å²) in [6, 6.07) is 16.5. The highest BCUT2D eigenvalue weighted by atomic mass is 79.9. The zero-order valence-corrected chi connectivity index (χ0v) is 16.7. The maximum atomic E-state index is 12.7. The standard InChI is InChI=1S/C19H14BrN5OS/c1-12-17(23-22-15-5-3-2-4-6-15)18(26)25(24-12)19-21-16(11-27-19)13-7-9-14(20)10-8-13/h2-11,17H,1H3. The van der Waals surface area contributed by atoms with E-state index >= 15 is 0 Å². The van der Waals surface area contributed by atoms with Gasteiger partial charge in [0, 0.05) is 15.4 Å². The number of carbonyl (C=O) groups is 1. The quantitative estimate of drug-likeness (QED) is 0.507. The van der Waals surface area contributed by atoms with Crippen molar-refractivity contribution in [2.75, 3.05) is 5.01 Å². The number of amides is 1. The lowest BCUT2D eigenvalue weighted by Crippen LogP contribution is -2.29. The van der Waals surface area contributed by atoms with Gasteiger partial charge in [-0.15, -0.1) is 11.3 Å². The fourth-order valence-corrected chi connectivity index (χ4v) is 3.61. The van der Waals surface area contributed by atoms with Crippen molar-refractivity contribution in [3.63, 3.8) is 0 Å². The van der Waals surface area contributed by atoms with E-state index in [0.717, 1.165) is 15.7 Å². The molecule has 0 N–H and O–H groups in total. The Morgan fingerprint density at radius 2 is 1.85 bits per heavy atom. The summed E-state index contributed by atoms with van der Waals surface area (Å²) in [6.45, 7) is 1.77. The molecule has 6 nitrogen and oxygen atoms in total. The highest BCUT2D eigenvalue weighted by molar-refractivity contribution is 9.10. The number of hydrogen-bond acceptors (Lipinski definition) is 6. The van der Waals surface area contributed by atoms with E-state index in [4.69, 9.17) is 0 Å². The number of rotatable bonds is 4. The van der Waals surface area contributed by atoms with Crippen molar-refractivity contribution >= 4 is 49.7 Å². The van der Waals surface area contributed by atoms with Crippen LogP contribution < -0.4 is 5.01 Å². The zero-order valence-electron chi connectivity index (χ0n) is 14.3. The van der Waals surface area contributed by atoms with Crippen molar-refractivity contribution < 1.29 is 4.79 Å². The van der Waals surface area contributed by atoms with E-state index < -0.39 is 6.04 Å². The summed E-state index contributed by atoms with van der Waals surface area (Å²) in [4.78, 5) is 17.3. The molecule has 8 heteroatoms. The molecule has 0 radical (unpaired) electrons. The first kappa shape index (κ1) is 17.7. The van der Waals surface area contributed by atoms with Gasteiger partial charge >= 0.3 is 0 Å². The topological polar surface area (TPSA) is 70.3 Å². The van der Waals surface area contributed by atoms with Crippen LogP contribution in [-0.4, -0.2) is 22.6 Å². The summed E-state index contributed by atoms with van der Waals surface area (Å²) in [7, 11) is 0. The molecule has 0 saturated heterocycles. The van der Waals surface area contributed by atoms with Crippen LogP contribution in [-0.2, 0) is 4.79 Å². The van der Waals surface area contributed by atoms with E-state index in [1.807, 2.05) is 60.0 Å². The van der Waals surface area contributed by atoms with Gasteiger partial charge in [-0.1, -0.05) is 46.3 Å². The van der Waals surface area contributed by atoms with Crippen LogP contribution in [0.3, 0.4) is 0 Å². The van der Waals surface area contributed by atoms with Gasteiger partial charge in [0.05, 0.1) is 17.1 Å². The Kier molecular flexibility index (Phi) is 4.91. The molecule has 0 spiro atoms. The molecule has 2 aromatic carbocycles. The smallest absolute Gasteiger partial charge is 0.269 e. The van der Waals surface area contributed by atoms with E-state index in [9.17, 15) is 4.79 Å². The summed E-state index contributed by atoms with van der Waals surface area (Å²) in [5.74, 6) is -0.246. The molecule has 2 heterocycles. The lowest BCUT2D eigenvalue weighted by molar-refractivity contribution is -0.117. The second kappa shape index (κ2) is 7.50. The number of thiazole rings is 1. The van der Waals surface area contributed by atoms with Gasteiger partial charge in [-0.3, -0.25) is 4.79 Å². The van der Waals surface area contributed by atoms with Gasteiger partial charge < -0.3 is 0 Å². The lowest BCUT2D eigenvalue weighted by Gasteiger charge is -2.08. The Bertz CT molecular complexity index is 1030. The largest absolute Gasteiger partial charge is 0.282 e. The van der Waals surface area contributed by atoms with Crippen molar-refractivity contribution in [3.8, 4) is 11.3 Å². The van der Waals surface area contributed by atoms with E-state index in [0.29, 0.717) is 16.5 Å². The SMILES string of the molecule is CC1=NN(c2nc(-c3ccc(Br)cc3)cs2)C(=O)C1N=Nc1ccccc1. The normalized spacial score (nSPS) is 17.0. The Balaban J connectivity index is 1.55. The number of anilines is 1. The zero-order chi connectivity index (χ0) is 18.8. The van der Waals surface area contributed by atoms with Gasteiger partial charge in [-0.25, -0.2) is 4.98 Å². The fraction of sp³-hybridized carbons (Fsp3) is 0.105. The molecule has 1 aromatic heterocycles.